The minimum absolute atomic E-state index is 0.0589. The number of hydrogen-bond acceptors (Lipinski definition) is 3. The molecule has 0 aliphatic carbocycles. The van der Waals surface area contributed by atoms with Gasteiger partial charge in [0.2, 0.25) is 5.91 Å². The molecule has 0 unspecified atom stereocenters. The van der Waals surface area contributed by atoms with Gasteiger partial charge in [-0.2, -0.15) is 0 Å². The van der Waals surface area contributed by atoms with Gasteiger partial charge in [-0.1, -0.05) is 13.0 Å². The maximum absolute atomic E-state index is 12.8. The van der Waals surface area contributed by atoms with Gasteiger partial charge in [0.15, 0.2) is 0 Å². The molecule has 6 heteroatoms. The number of aryl methyl sites for hydroxylation is 3. The van der Waals surface area contributed by atoms with Crippen molar-refractivity contribution in [2.75, 3.05) is 6.54 Å². The van der Waals surface area contributed by atoms with E-state index < -0.39 is 0 Å². The minimum Gasteiger partial charge on any atom is -0.340 e. The fraction of sp³-hybridized carbons (Fsp3) is 0.450. The number of aromatic nitrogens is 4. The van der Waals surface area contributed by atoms with Crippen molar-refractivity contribution >= 4 is 16.9 Å². The van der Waals surface area contributed by atoms with Gasteiger partial charge in [0.05, 0.1) is 17.1 Å². The number of rotatable bonds is 5. The van der Waals surface area contributed by atoms with Gasteiger partial charge in [-0.25, -0.2) is 9.97 Å². The lowest BCUT2D eigenvalue weighted by atomic mass is 10.2. The molecule has 1 atom stereocenters. The normalized spacial score (nSPS) is 17.3. The summed E-state index contributed by atoms with van der Waals surface area (Å²) < 4.78 is 2.08. The van der Waals surface area contributed by atoms with Gasteiger partial charge < -0.3 is 14.5 Å². The molecule has 1 saturated heterocycles. The molecule has 0 bridgehead atoms. The van der Waals surface area contributed by atoms with Gasteiger partial charge in [0.1, 0.15) is 11.6 Å². The predicted octanol–water partition coefficient (Wildman–Crippen LogP) is 3.38. The Kier molecular flexibility index (Phi) is 4.49. The van der Waals surface area contributed by atoms with Crippen LogP contribution in [-0.2, 0) is 17.8 Å². The summed E-state index contributed by atoms with van der Waals surface area (Å²) in [5.74, 6) is 2.14. The van der Waals surface area contributed by atoms with Crippen LogP contribution in [0.2, 0.25) is 0 Å². The summed E-state index contributed by atoms with van der Waals surface area (Å²) in [7, 11) is 0. The predicted molar refractivity (Wildman–Crippen MR) is 101 cm³/mol. The highest BCUT2D eigenvalue weighted by molar-refractivity contribution is 5.78. The number of carbonyl (C=O) groups excluding carboxylic acids is 1. The van der Waals surface area contributed by atoms with Crippen molar-refractivity contribution in [2.24, 2.45) is 0 Å². The summed E-state index contributed by atoms with van der Waals surface area (Å²) in [6.45, 7) is 5.65. The van der Waals surface area contributed by atoms with Crippen molar-refractivity contribution < 1.29 is 4.79 Å². The molecule has 26 heavy (non-hydrogen) atoms. The summed E-state index contributed by atoms with van der Waals surface area (Å²) >= 11 is 0. The average molecular weight is 351 g/mol. The van der Waals surface area contributed by atoms with E-state index in [1.807, 2.05) is 17.2 Å². The van der Waals surface area contributed by atoms with Crippen molar-refractivity contribution in [1.82, 2.24) is 24.4 Å². The van der Waals surface area contributed by atoms with E-state index in [2.05, 4.69) is 40.5 Å². The smallest absolute Gasteiger partial charge is 0.224 e. The Labute approximate surface area is 153 Å². The van der Waals surface area contributed by atoms with Crippen molar-refractivity contribution in [3.05, 3.63) is 47.8 Å². The molecule has 3 aromatic rings. The number of fused-ring (bicyclic) bond motifs is 1. The molecule has 2 aromatic heterocycles. The Morgan fingerprint density at radius 2 is 2.27 bits per heavy atom. The van der Waals surface area contributed by atoms with Gasteiger partial charge in [-0.05, 0) is 37.5 Å². The third-order valence-corrected chi connectivity index (χ3v) is 5.23. The molecular weight excluding hydrogens is 326 g/mol. The first-order valence-electron chi connectivity index (χ1n) is 9.41. The van der Waals surface area contributed by atoms with Crippen molar-refractivity contribution in [1.29, 1.82) is 0 Å². The molecule has 1 amide bonds. The average Bonchev–Trinajstić information content (AvgIpc) is 3.36. The monoisotopic (exact) mass is 351 g/mol. The summed E-state index contributed by atoms with van der Waals surface area (Å²) in [4.78, 5) is 27.3. The number of amides is 1. The highest BCUT2D eigenvalue weighted by Gasteiger charge is 2.31. The van der Waals surface area contributed by atoms with E-state index >= 15 is 0 Å². The van der Waals surface area contributed by atoms with Gasteiger partial charge in [0, 0.05) is 38.3 Å². The minimum atomic E-state index is 0.0589. The maximum Gasteiger partial charge on any atom is 0.224 e. The maximum atomic E-state index is 12.8. The molecule has 1 aliphatic heterocycles. The number of H-pyrrole nitrogens is 1. The zero-order valence-corrected chi connectivity index (χ0v) is 15.4. The standard InChI is InChI=1S/C20H25N5O/c1-3-18-21-9-12-24(18)11-8-19(26)25-10-4-5-17(25)20-22-15-7-6-14(2)13-16(15)23-20/h6-7,9,12-13,17H,3-5,8,10-11H2,1-2H3,(H,22,23)/t17-/m1/s1. The van der Waals surface area contributed by atoms with E-state index in [-0.39, 0.29) is 11.9 Å². The fourth-order valence-corrected chi connectivity index (χ4v) is 3.87. The van der Waals surface area contributed by atoms with E-state index in [9.17, 15) is 4.79 Å². The summed E-state index contributed by atoms with van der Waals surface area (Å²) in [6.07, 6.45) is 7.13. The van der Waals surface area contributed by atoms with E-state index in [4.69, 9.17) is 4.98 Å². The van der Waals surface area contributed by atoms with Crippen LogP contribution in [0.3, 0.4) is 0 Å². The summed E-state index contributed by atoms with van der Waals surface area (Å²) in [5.41, 5.74) is 3.22. The lowest BCUT2D eigenvalue weighted by Gasteiger charge is -2.23. The van der Waals surface area contributed by atoms with Gasteiger partial charge in [-0.15, -0.1) is 0 Å². The van der Waals surface area contributed by atoms with E-state index in [1.165, 1.54) is 5.56 Å². The summed E-state index contributed by atoms with van der Waals surface area (Å²) in [6, 6.07) is 6.28. The second kappa shape index (κ2) is 6.94. The number of imidazole rings is 2. The van der Waals surface area contributed by atoms with Crippen LogP contribution in [0, 0.1) is 6.92 Å². The van der Waals surface area contributed by atoms with Crippen LogP contribution in [-0.4, -0.2) is 36.9 Å². The van der Waals surface area contributed by atoms with Crippen molar-refractivity contribution in [2.45, 2.75) is 52.1 Å². The van der Waals surface area contributed by atoms with Crippen LogP contribution in [0.25, 0.3) is 11.0 Å². The number of hydrogen-bond donors (Lipinski definition) is 1. The molecule has 1 aromatic carbocycles. The van der Waals surface area contributed by atoms with Gasteiger partial charge in [0.25, 0.3) is 0 Å². The molecule has 136 valence electrons. The van der Waals surface area contributed by atoms with Crippen LogP contribution in [0.15, 0.2) is 30.6 Å². The van der Waals surface area contributed by atoms with E-state index in [0.717, 1.165) is 48.5 Å². The quantitative estimate of drug-likeness (QED) is 0.766. The van der Waals surface area contributed by atoms with Crippen molar-refractivity contribution in [3.63, 3.8) is 0 Å². The number of likely N-dealkylation sites (tertiary alicyclic amines) is 1. The Hall–Kier alpha value is -2.63. The number of benzene rings is 1. The molecular formula is C20H25N5O. The lowest BCUT2D eigenvalue weighted by Crippen LogP contribution is -2.31. The number of nitrogens with zero attached hydrogens (tertiary/aromatic N) is 4. The molecule has 3 heterocycles. The second-order valence-corrected chi connectivity index (χ2v) is 7.03. The number of carbonyl (C=O) groups is 1. The van der Waals surface area contributed by atoms with Gasteiger partial charge in [-0.3, -0.25) is 4.79 Å². The Morgan fingerprint density at radius 3 is 3.12 bits per heavy atom. The van der Waals surface area contributed by atoms with Crippen LogP contribution < -0.4 is 0 Å². The number of aromatic amines is 1. The molecule has 1 fully saturated rings. The Balaban J connectivity index is 1.49. The zero-order chi connectivity index (χ0) is 18.1. The molecule has 4 rings (SSSR count). The second-order valence-electron chi connectivity index (χ2n) is 7.03. The SMILES string of the molecule is CCc1nccn1CCC(=O)N1CCC[C@@H]1c1nc2ccc(C)cc2[nH]1. The molecule has 0 radical (unpaired) electrons. The van der Waals surface area contributed by atoms with Gasteiger partial charge >= 0.3 is 0 Å². The Morgan fingerprint density at radius 1 is 1.38 bits per heavy atom. The van der Waals surface area contributed by atoms with Crippen molar-refractivity contribution in [3.8, 4) is 0 Å². The first kappa shape index (κ1) is 16.8. The van der Waals surface area contributed by atoms with Crippen LogP contribution in [0.4, 0.5) is 0 Å². The zero-order valence-electron chi connectivity index (χ0n) is 15.4. The largest absolute Gasteiger partial charge is 0.340 e. The third kappa shape index (κ3) is 3.11. The Bertz CT molecular complexity index is 925. The van der Waals surface area contributed by atoms with E-state index in [1.54, 1.807) is 6.20 Å². The van der Waals surface area contributed by atoms with Crippen LogP contribution >= 0.6 is 0 Å². The first-order chi connectivity index (χ1) is 12.7. The fourth-order valence-electron chi connectivity index (χ4n) is 3.87. The highest BCUT2D eigenvalue weighted by atomic mass is 16.2. The lowest BCUT2D eigenvalue weighted by molar-refractivity contribution is -0.132. The molecule has 6 nitrogen and oxygen atoms in total. The third-order valence-electron chi connectivity index (χ3n) is 5.23. The topological polar surface area (TPSA) is 66.8 Å². The van der Waals surface area contributed by atoms with Crippen LogP contribution in [0.1, 0.15) is 49.4 Å². The molecule has 0 spiro atoms. The molecule has 1 aliphatic rings. The van der Waals surface area contributed by atoms with E-state index in [0.29, 0.717) is 13.0 Å². The number of nitrogens with one attached hydrogen (secondary N) is 1. The summed E-state index contributed by atoms with van der Waals surface area (Å²) in [5, 5.41) is 0. The molecule has 1 N–H and O–H groups in total. The first-order valence-corrected chi connectivity index (χ1v) is 9.41. The highest BCUT2D eigenvalue weighted by Crippen LogP contribution is 2.32. The molecule has 0 saturated carbocycles. The van der Waals surface area contributed by atoms with Crippen LogP contribution in [0.5, 0.6) is 0 Å².